The van der Waals surface area contributed by atoms with Crippen LogP contribution in [-0.4, -0.2) is 49.7 Å². The number of carbonyl (C=O) groups is 3. The Kier molecular flexibility index (Phi) is 7.17. The van der Waals surface area contributed by atoms with Gasteiger partial charge in [-0.3, -0.25) is 9.59 Å². The summed E-state index contributed by atoms with van der Waals surface area (Å²) in [4.78, 5) is 35.6. The average molecular weight is 423 g/mol. The van der Waals surface area contributed by atoms with Gasteiger partial charge >= 0.3 is 5.97 Å². The molecular formula is C23H25N3O5. The number of fused-ring (bicyclic) bond motifs is 3. The van der Waals surface area contributed by atoms with Gasteiger partial charge in [-0.25, -0.2) is 4.79 Å². The number of nitrogens with zero attached hydrogens (tertiary/aromatic N) is 1. The molecule has 8 heteroatoms. The van der Waals surface area contributed by atoms with Gasteiger partial charge in [-0.1, -0.05) is 30.3 Å². The monoisotopic (exact) mass is 423 g/mol. The van der Waals surface area contributed by atoms with E-state index >= 15 is 0 Å². The zero-order valence-electron chi connectivity index (χ0n) is 17.5. The molecule has 0 amide bonds. The minimum atomic E-state index is -0.605. The molecule has 3 heterocycles. The molecular weight excluding hydrogens is 398 g/mol. The van der Waals surface area contributed by atoms with Crippen molar-refractivity contribution in [3.63, 3.8) is 0 Å². The van der Waals surface area contributed by atoms with Crippen molar-refractivity contribution in [2.75, 3.05) is 27.3 Å². The standard InChI is InChI=1S/C22H20N2O5.CH5N/c1-28-18(27)13-29-17-8-5-11-24-21-15(19(22(17)24)16(26)12-25)9-10-23-20(21)14-6-3-2-4-7-14;1-2/h2-8,11-12,20,23H,9-10,13H2,1H3;2H2,1H3. The Hall–Kier alpha value is -3.49. The molecule has 31 heavy (non-hydrogen) atoms. The Morgan fingerprint density at radius 1 is 1.19 bits per heavy atom. The van der Waals surface area contributed by atoms with Gasteiger partial charge in [-0.05, 0) is 36.7 Å². The molecule has 3 N–H and O–H groups in total. The van der Waals surface area contributed by atoms with E-state index in [1.807, 2.05) is 40.9 Å². The lowest BCUT2D eigenvalue weighted by atomic mass is 9.92. The topological polar surface area (TPSA) is 112 Å². The summed E-state index contributed by atoms with van der Waals surface area (Å²) >= 11 is 0. The first kappa shape index (κ1) is 22.2. The van der Waals surface area contributed by atoms with Crippen LogP contribution in [0.5, 0.6) is 5.75 Å². The largest absolute Gasteiger partial charge is 0.480 e. The van der Waals surface area contributed by atoms with Crippen molar-refractivity contribution in [3.8, 4) is 5.75 Å². The first-order valence-corrected chi connectivity index (χ1v) is 9.86. The van der Waals surface area contributed by atoms with E-state index in [4.69, 9.17) is 4.74 Å². The summed E-state index contributed by atoms with van der Waals surface area (Å²) < 4.78 is 12.2. The number of methoxy groups -OCH3 is 1. The van der Waals surface area contributed by atoms with E-state index in [-0.39, 0.29) is 12.6 Å². The Balaban J connectivity index is 0.00000132. The van der Waals surface area contributed by atoms with Crippen LogP contribution in [0.15, 0.2) is 48.7 Å². The van der Waals surface area contributed by atoms with E-state index in [2.05, 4.69) is 15.8 Å². The fourth-order valence-electron chi connectivity index (χ4n) is 3.91. The Morgan fingerprint density at radius 2 is 1.94 bits per heavy atom. The molecule has 1 unspecified atom stereocenters. The fourth-order valence-corrected chi connectivity index (χ4v) is 3.91. The number of nitrogens with one attached hydrogen (secondary N) is 1. The number of hydrogen-bond donors (Lipinski definition) is 2. The highest BCUT2D eigenvalue weighted by Gasteiger charge is 2.32. The van der Waals surface area contributed by atoms with E-state index in [9.17, 15) is 14.4 Å². The van der Waals surface area contributed by atoms with Crippen LogP contribution in [0.2, 0.25) is 0 Å². The van der Waals surface area contributed by atoms with Gasteiger partial charge in [-0.15, -0.1) is 0 Å². The third-order valence-corrected chi connectivity index (χ3v) is 5.12. The molecule has 0 spiro atoms. The summed E-state index contributed by atoms with van der Waals surface area (Å²) in [5.74, 6) is -0.786. The number of aldehydes is 1. The molecule has 1 aliphatic heterocycles. The van der Waals surface area contributed by atoms with Crippen LogP contribution < -0.4 is 15.8 Å². The molecule has 1 aliphatic rings. The number of ketones is 1. The zero-order chi connectivity index (χ0) is 22.4. The quantitative estimate of drug-likeness (QED) is 0.268. The number of aromatic nitrogens is 1. The molecule has 3 aromatic rings. The Morgan fingerprint density at radius 3 is 2.61 bits per heavy atom. The highest BCUT2D eigenvalue weighted by atomic mass is 16.6. The van der Waals surface area contributed by atoms with Gasteiger partial charge in [0.1, 0.15) is 5.75 Å². The summed E-state index contributed by atoms with van der Waals surface area (Å²) in [5.41, 5.74) is 8.09. The number of ether oxygens (including phenoxy) is 2. The van der Waals surface area contributed by atoms with E-state index in [1.165, 1.54) is 14.2 Å². The lowest BCUT2D eigenvalue weighted by Crippen LogP contribution is -2.31. The van der Waals surface area contributed by atoms with E-state index in [0.29, 0.717) is 36.1 Å². The minimum Gasteiger partial charge on any atom is -0.480 e. The summed E-state index contributed by atoms with van der Waals surface area (Å²) in [6.45, 7) is 0.377. The third-order valence-electron chi connectivity index (χ3n) is 5.12. The molecule has 0 radical (unpaired) electrons. The second-order valence-electron chi connectivity index (χ2n) is 6.72. The first-order chi connectivity index (χ1) is 15.2. The molecule has 2 aromatic heterocycles. The van der Waals surface area contributed by atoms with Crippen LogP contribution in [0, 0.1) is 0 Å². The van der Waals surface area contributed by atoms with Crippen LogP contribution >= 0.6 is 0 Å². The molecule has 162 valence electrons. The van der Waals surface area contributed by atoms with Crippen molar-refractivity contribution in [1.82, 2.24) is 9.72 Å². The molecule has 8 nitrogen and oxygen atoms in total. The molecule has 1 aromatic carbocycles. The predicted molar refractivity (Wildman–Crippen MR) is 115 cm³/mol. The van der Waals surface area contributed by atoms with Gasteiger partial charge < -0.3 is 24.9 Å². The highest BCUT2D eigenvalue weighted by Crippen LogP contribution is 2.38. The van der Waals surface area contributed by atoms with Crippen LogP contribution in [0.3, 0.4) is 0 Å². The van der Waals surface area contributed by atoms with Crippen LogP contribution in [0.25, 0.3) is 5.52 Å². The van der Waals surface area contributed by atoms with Crippen LogP contribution in [0.4, 0.5) is 0 Å². The average Bonchev–Trinajstić information content (AvgIpc) is 3.19. The second kappa shape index (κ2) is 10.0. The van der Waals surface area contributed by atoms with Crippen molar-refractivity contribution in [2.24, 2.45) is 5.73 Å². The van der Waals surface area contributed by atoms with Crippen LogP contribution in [-0.2, 0) is 20.7 Å². The lowest BCUT2D eigenvalue weighted by molar-refractivity contribution is -0.142. The molecule has 4 rings (SSSR count). The number of nitrogens with two attached hydrogens (primary N) is 1. The SMILES string of the molecule is CN.COC(=O)COc1cccn2c3c(c(C(=O)C=O)c12)CCNC3c1ccccc1. The number of hydrogen-bond acceptors (Lipinski definition) is 7. The van der Waals surface area contributed by atoms with Gasteiger partial charge in [0.2, 0.25) is 5.78 Å². The Bertz CT molecular complexity index is 1090. The molecule has 0 aliphatic carbocycles. The number of carbonyl (C=O) groups excluding carboxylic acids is 3. The second-order valence-corrected chi connectivity index (χ2v) is 6.72. The van der Waals surface area contributed by atoms with Gasteiger partial charge in [-0.2, -0.15) is 0 Å². The van der Waals surface area contributed by atoms with Gasteiger partial charge in [0.25, 0.3) is 0 Å². The van der Waals surface area contributed by atoms with Gasteiger partial charge in [0, 0.05) is 18.4 Å². The summed E-state index contributed by atoms with van der Waals surface area (Å²) in [7, 11) is 2.78. The highest BCUT2D eigenvalue weighted by molar-refractivity contribution is 6.36. The lowest BCUT2D eigenvalue weighted by Gasteiger charge is -2.26. The van der Waals surface area contributed by atoms with E-state index in [0.717, 1.165) is 16.8 Å². The van der Waals surface area contributed by atoms with Gasteiger partial charge in [0.05, 0.1) is 24.2 Å². The van der Waals surface area contributed by atoms with Crippen molar-refractivity contribution in [2.45, 2.75) is 12.5 Å². The first-order valence-electron chi connectivity index (χ1n) is 9.86. The third kappa shape index (κ3) is 4.21. The van der Waals surface area contributed by atoms with Crippen LogP contribution in [0.1, 0.15) is 33.2 Å². The molecule has 0 saturated heterocycles. The van der Waals surface area contributed by atoms with Crippen molar-refractivity contribution in [1.29, 1.82) is 0 Å². The van der Waals surface area contributed by atoms with Crippen molar-refractivity contribution in [3.05, 3.63) is 71.0 Å². The van der Waals surface area contributed by atoms with Crippen molar-refractivity contribution >= 4 is 23.6 Å². The molecule has 0 saturated carbocycles. The number of benzene rings is 1. The summed E-state index contributed by atoms with van der Waals surface area (Å²) in [6, 6.07) is 13.2. The normalized spacial score (nSPS) is 14.7. The van der Waals surface area contributed by atoms with Crippen molar-refractivity contribution < 1.29 is 23.9 Å². The maximum Gasteiger partial charge on any atom is 0.343 e. The van der Waals surface area contributed by atoms with E-state index in [1.54, 1.807) is 12.1 Å². The van der Waals surface area contributed by atoms with E-state index < -0.39 is 11.8 Å². The maximum atomic E-state index is 12.6. The zero-order valence-corrected chi connectivity index (χ0v) is 17.5. The molecule has 0 fully saturated rings. The number of Topliss-reactive ketones (excluding diaryl/α,β-unsaturated/α-hetero) is 1. The number of esters is 1. The van der Waals surface area contributed by atoms with Gasteiger partial charge in [0.15, 0.2) is 12.9 Å². The smallest absolute Gasteiger partial charge is 0.343 e. The minimum absolute atomic E-state index is 0.142. The molecule has 1 atom stereocenters. The molecule has 0 bridgehead atoms. The number of pyridine rings is 1. The summed E-state index contributed by atoms with van der Waals surface area (Å²) in [5, 5.41) is 3.50. The predicted octanol–water partition coefficient (Wildman–Crippen LogP) is 1.68. The number of rotatable bonds is 6. The fraction of sp³-hybridized carbons (Fsp3) is 0.261. The summed E-state index contributed by atoms with van der Waals surface area (Å²) in [6.07, 6.45) is 2.77. The maximum absolute atomic E-state index is 12.6. The Labute approximate surface area is 179 Å².